The molecule has 0 aliphatic heterocycles. The second-order valence-corrected chi connectivity index (χ2v) is 5.58. The highest BCUT2D eigenvalue weighted by Gasteiger charge is 2.10. The Hall–Kier alpha value is -3.41. The van der Waals surface area contributed by atoms with Gasteiger partial charge in [-0.05, 0) is 42.8 Å². The van der Waals surface area contributed by atoms with Crippen molar-refractivity contribution in [2.75, 3.05) is 5.32 Å². The molecule has 134 valence electrons. The summed E-state index contributed by atoms with van der Waals surface area (Å²) in [5.74, 6) is -1.13. The van der Waals surface area contributed by atoms with E-state index in [1.54, 1.807) is 12.1 Å². The van der Waals surface area contributed by atoms with Crippen molar-refractivity contribution in [2.45, 2.75) is 20.8 Å². The molecule has 0 spiro atoms. The van der Waals surface area contributed by atoms with Crippen molar-refractivity contribution in [3.63, 3.8) is 0 Å². The van der Waals surface area contributed by atoms with Gasteiger partial charge in [-0.2, -0.15) is 0 Å². The molecule has 2 aromatic carbocycles. The van der Waals surface area contributed by atoms with E-state index in [0.717, 1.165) is 5.56 Å². The van der Waals surface area contributed by atoms with Crippen LogP contribution in [0.1, 0.15) is 25.0 Å². The van der Waals surface area contributed by atoms with Crippen LogP contribution in [-0.2, 0) is 14.4 Å². The Bertz CT molecular complexity index is 853. The van der Waals surface area contributed by atoms with Crippen LogP contribution in [0.15, 0.2) is 48.5 Å². The van der Waals surface area contributed by atoms with E-state index in [1.165, 1.54) is 32.1 Å². The molecule has 0 saturated carbocycles. The number of nitrogens with one attached hydrogen (secondary N) is 1. The normalized spacial score (nSPS) is 10.4. The Balaban J connectivity index is 2.13. The summed E-state index contributed by atoms with van der Waals surface area (Å²) in [7, 11) is 0. The van der Waals surface area contributed by atoms with Crippen LogP contribution >= 0.6 is 0 Å². The Labute approximate surface area is 151 Å². The number of benzene rings is 2. The average molecular weight is 353 g/mol. The first-order valence-corrected chi connectivity index (χ1v) is 7.90. The number of carbonyl (C=O) groups excluding carboxylic acids is 3. The van der Waals surface area contributed by atoms with E-state index >= 15 is 0 Å². The van der Waals surface area contributed by atoms with Gasteiger partial charge in [-0.15, -0.1) is 0 Å². The molecular weight excluding hydrogens is 334 g/mol. The van der Waals surface area contributed by atoms with E-state index in [9.17, 15) is 14.4 Å². The molecule has 2 aromatic rings. The quantitative estimate of drug-likeness (QED) is 0.505. The first kappa shape index (κ1) is 18.9. The van der Waals surface area contributed by atoms with Crippen LogP contribution in [0.25, 0.3) is 6.08 Å². The molecule has 26 heavy (non-hydrogen) atoms. The van der Waals surface area contributed by atoms with Gasteiger partial charge in [0.25, 0.3) is 0 Å². The maximum absolute atomic E-state index is 12.0. The van der Waals surface area contributed by atoms with Crippen LogP contribution in [0.3, 0.4) is 0 Å². The molecule has 0 aliphatic rings. The minimum Gasteiger partial charge on any atom is -0.423 e. The second kappa shape index (κ2) is 8.62. The highest BCUT2D eigenvalue weighted by molar-refractivity contribution is 6.02. The molecule has 0 radical (unpaired) electrons. The molecule has 0 heterocycles. The topological polar surface area (TPSA) is 81.7 Å². The van der Waals surface area contributed by atoms with Gasteiger partial charge in [0.2, 0.25) is 5.91 Å². The highest BCUT2D eigenvalue weighted by Crippen LogP contribution is 2.29. The SMILES string of the molecule is CC(=O)Oc1ccc(/C=C/C(=O)Nc2ccc(C)cc2)cc1OC(C)=O. The summed E-state index contributed by atoms with van der Waals surface area (Å²) in [5, 5.41) is 2.74. The molecule has 6 heteroatoms. The summed E-state index contributed by atoms with van der Waals surface area (Å²) in [4.78, 5) is 34.3. The summed E-state index contributed by atoms with van der Waals surface area (Å²) in [5.41, 5.74) is 2.40. The maximum atomic E-state index is 12.0. The summed E-state index contributed by atoms with van der Waals surface area (Å²) < 4.78 is 10.0. The van der Waals surface area contributed by atoms with E-state index < -0.39 is 11.9 Å². The van der Waals surface area contributed by atoms with E-state index in [-0.39, 0.29) is 17.4 Å². The number of anilines is 1. The standard InChI is InChI=1S/C20H19NO5/c1-13-4-8-17(9-5-13)21-20(24)11-7-16-6-10-18(25-14(2)22)19(12-16)26-15(3)23/h4-12H,1-3H3,(H,21,24)/b11-7+. The van der Waals surface area contributed by atoms with Gasteiger partial charge in [0.1, 0.15) is 0 Å². The number of amides is 1. The van der Waals surface area contributed by atoms with Gasteiger partial charge in [-0.3, -0.25) is 14.4 Å². The smallest absolute Gasteiger partial charge is 0.308 e. The monoisotopic (exact) mass is 353 g/mol. The van der Waals surface area contributed by atoms with Crippen LogP contribution in [-0.4, -0.2) is 17.8 Å². The van der Waals surface area contributed by atoms with E-state index in [1.807, 2.05) is 31.2 Å². The van der Waals surface area contributed by atoms with Crippen LogP contribution in [0.5, 0.6) is 11.5 Å². The fraction of sp³-hybridized carbons (Fsp3) is 0.150. The molecule has 0 saturated heterocycles. The lowest BCUT2D eigenvalue weighted by Gasteiger charge is -2.09. The molecule has 1 amide bonds. The fourth-order valence-corrected chi connectivity index (χ4v) is 2.09. The van der Waals surface area contributed by atoms with Gasteiger partial charge in [-0.25, -0.2) is 0 Å². The van der Waals surface area contributed by atoms with Crippen molar-refractivity contribution in [2.24, 2.45) is 0 Å². The first-order chi connectivity index (χ1) is 12.3. The van der Waals surface area contributed by atoms with Crippen molar-refractivity contribution in [1.82, 2.24) is 0 Å². The number of carbonyl (C=O) groups is 3. The molecule has 0 fully saturated rings. The van der Waals surface area contributed by atoms with Crippen LogP contribution in [0.2, 0.25) is 0 Å². The van der Waals surface area contributed by atoms with Crippen molar-refractivity contribution < 1.29 is 23.9 Å². The molecule has 0 bridgehead atoms. The van der Waals surface area contributed by atoms with Crippen LogP contribution < -0.4 is 14.8 Å². The van der Waals surface area contributed by atoms with Gasteiger partial charge in [-0.1, -0.05) is 23.8 Å². The molecule has 0 aliphatic carbocycles. The van der Waals surface area contributed by atoms with Crippen molar-refractivity contribution in [1.29, 1.82) is 0 Å². The molecule has 0 aromatic heterocycles. The summed E-state index contributed by atoms with van der Waals surface area (Å²) in [6, 6.07) is 12.1. The minimum absolute atomic E-state index is 0.105. The van der Waals surface area contributed by atoms with Crippen molar-refractivity contribution >= 4 is 29.6 Å². The molecule has 1 N–H and O–H groups in total. The number of hydrogen-bond acceptors (Lipinski definition) is 5. The lowest BCUT2D eigenvalue weighted by Crippen LogP contribution is -2.08. The maximum Gasteiger partial charge on any atom is 0.308 e. The van der Waals surface area contributed by atoms with Gasteiger partial charge in [0.05, 0.1) is 0 Å². The molecule has 0 atom stereocenters. The lowest BCUT2D eigenvalue weighted by molar-refractivity contribution is -0.134. The Morgan fingerprint density at radius 1 is 0.885 bits per heavy atom. The zero-order valence-corrected chi connectivity index (χ0v) is 14.7. The summed E-state index contributed by atoms with van der Waals surface area (Å²) in [6.07, 6.45) is 2.92. The zero-order valence-electron chi connectivity index (χ0n) is 14.7. The van der Waals surface area contributed by atoms with Gasteiger partial charge in [0.15, 0.2) is 11.5 Å². The average Bonchev–Trinajstić information content (AvgIpc) is 2.56. The van der Waals surface area contributed by atoms with E-state index in [0.29, 0.717) is 11.3 Å². The highest BCUT2D eigenvalue weighted by atomic mass is 16.6. The Morgan fingerprint density at radius 3 is 2.12 bits per heavy atom. The van der Waals surface area contributed by atoms with Crippen molar-refractivity contribution in [3.05, 3.63) is 59.7 Å². The number of esters is 2. The molecule has 0 unspecified atom stereocenters. The van der Waals surface area contributed by atoms with E-state index in [4.69, 9.17) is 9.47 Å². The number of hydrogen-bond donors (Lipinski definition) is 1. The molecule has 2 rings (SSSR count). The lowest BCUT2D eigenvalue weighted by atomic mass is 10.2. The number of aryl methyl sites for hydroxylation is 1. The van der Waals surface area contributed by atoms with Crippen LogP contribution in [0.4, 0.5) is 5.69 Å². The summed E-state index contributed by atoms with van der Waals surface area (Å²) >= 11 is 0. The summed E-state index contributed by atoms with van der Waals surface area (Å²) in [6.45, 7) is 4.46. The predicted molar refractivity (Wildman–Crippen MR) is 97.9 cm³/mol. The van der Waals surface area contributed by atoms with Crippen molar-refractivity contribution in [3.8, 4) is 11.5 Å². The first-order valence-electron chi connectivity index (χ1n) is 7.90. The number of ether oxygens (including phenoxy) is 2. The third-order valence-electron chi connectivity index (χ3n) is 3.22. The third-order valence-corrected chi connectivity index (χ3v) is 3.22. The minimum atomic E-state index is -0.545. The third kappa shape index (κ3) is 5.90. The van der Waals surface area contributed by atoms with E-state index in [2.05, 4.69) is 5.32 Å². The second-order valence-electron chi connectivity index (χ2n) is 5.58. The fourth-order valence-electron chi connectivity index (χ4n) is 2.09. The molecule has 6 nitrogen and oxygen atoms in total. The van der Waals surface area contributed by atoms with Crippen LogP contribution in [0, 0.1) is 6.92 Å². The largest absolute Gasteiger partial charge is 0.423 e. The zero-order chi connectivity index (χ0) is 19.1. The van der Waals surface area contributed by atoms with Gasteiger partial charge in [0, 0.05) is 25.6 Å². The van der Waals surface area contributed by atoms with Gasteiger partial charge < -0.3 is 14.8 Å². The predicted octanol–water partition coefficient (Wildman–Crippen LogP) is 3.50. The Morgan fingerprint density at radius 2 is 1.50 bits per heavy atom. The number of rotatable bonds is 5. The Kier molecular flexibility index (Phi) is 6.27. The van der Waals surface area contributed by atoms with Gasteiger partial charge >= 0.3 is 11.9 Å². The molecular formula is C20H19NO5.